The lowest BCUT2D eigenvalue weighted by Gasteiger charge is -2.33. The predicted molar refractivity (Wildman–Crippen MR) is 134 cm³/mol. The fourth-order valence-electron chi connectivity index (χ4n) is 3.24. The van der Waals surface area contributed by atoms with Crippen LogP contribution >= 0.6 is 24.0 Å². The summed E-state index contributed by atoms with van der Waals surface area (Å²) in [4.78, 5) is 20.4. The number of hydrogen-bond acceptors (Lipinski definition) is 4. The molecule has 2 N–H and O–H groups in total. The van der Waals surface area contributed by atoms with Gasteiger partial charge in [0.25, 0.3) is 0 Å². The number of likely N-dealkylation sites (N-methyl/N-ethyl adjacent to an activating group) is 1. The summed E-state index contributed by atoms with van der Waals surface area (Å²) < 4.78 is 5.37. The minimum absolute atomic E-state index is 0. The van der Waals surface area contributed by atoms with Crippen molar-refractivity contribution in [3.63, 3.8) is 0 Å². The third kappa shape index (κ3) is 9.97. The molecule has 0 atom stereocenters. The van der Waals surface area contributed by atoms with Gasteiger partial charge in [0.15, 0.2) is 5.96 Å². The Morgan fingerprint density at radius 3 is 2.43 bits per heavy atom. The van der Waals surface area contributed by atoms with Gasteiger partial charge in [-0.25, -0.2) is 4.79 Å². The SMILES string of the molecule is CN=C(NCCN(C)C(=O)OC(C)(C)C)NC1CCN(Cc2ccccc2)CC1.I. The molecule has 1 aliphatic heterocycles. The van der Waals surface area contributed by atoms with E-state index in [-0.39, 0.29) is 30.1 Å². The molecule has 0 bridgehead atoms. The number of piperidine rings is 1. The fraction of sp³-hybridized carbons (Fsp3) is 0.636. The minimum atomic E-state index is -0.480. The fourth-order valence-corrected chi connectivity index (χ4v) is 3.24. The highest BCUT2D eigenvalue weighted by molar-refractivity contribution is 14.0. The summed E-state index contributed by atoms with van der Waals surface area (Å²) in [6, 6.07) is 11.0. The van der Waals surface area contributed by atoms with Crippen molar-refractivity contribution >= 4 is 36.0 Å². The van der Waals surface area contributed by atoms with Crippen LogP contribution < -0.4 is 10.6 Å². The molecule has 0 radical (unpaired) electrons. The molecule has 1 saturated heterocycles. The zero-order valence-electron chi connectivity index (χ0n) is 19.0. The zero-order valence-corrected chi connectivity index (χ0v) is 21.3. The maximum absolute atomic E-state index is 12.0. The number of nitrogens with one attached hydrogen (secondary N) is 2. The Kier molecular flexibility index (Phi) is 11.5. The Hall–Kier alpha value is -1.55. The lowest BCUT2D eigenvalue weighted by atomic mass is 10.0. The van der Waals surface area contributed by atoms with Crippen molar-refractivity contribution < 1.29 is 9.53 Å². The van der Waals surface area contributed by atoms with Crippen LogP contribution in [-0.2, 0) is 11.3 Å². The summed E-state index contributed by atoms with van der Waals surface area (Å²) >= 11 is 0. The van der Waals surface area contributed by atoms with E-state index in [1.165, 1.54) is 5.56 Å². The standard InChI is InChI=1S/C22H37N5O2.HI/c1-22(2,3)29-21(28)26(5)16-13-24-20(23-4)25-19-11-14-27(15-12-19)17-18-9-7-6-8-10-18;/h6-10,19H,11-17H2,1-5H3,(H2,23,24,25);1H. The van der Waals surface area contributed by atoms with Gasteiger partial charge in [-0.2, -0.15) is 0 Å². The van der Waals surface area contributed by atoms with E-state index in [1.807, 2.05) is 20.8 Å². The maximum Gasteiger partial charge on any atom is 0.410 e. The van der Waals surface area contributed by atoms with Gasteiger partial charge in [0.05, 0.1) is 0 Å². The number of carbonyl (C=O) groups is 1. The van der Waals surface area contributed by atoms with E-state index in [2.05, 4.69) is 50.9 Å². The van der Waals surface area contributed by atoms with Crippen molar-refractivity contribution in [2.75, 3.05) is 40.3 Å². The van der Waals surface area contributed by atoms with E-state index in [0.717, 1.165) is 38.4 Å². The first kappa shape index (κ1) is 26.5. The lowest BCUT2D eigenvalue weighted by Crippen LogP contribution is -2.49. The summed E-state index contributed by atoms with van der Waals surface area (Å²) in [5.74, 6) is 0.782. The number of ether oxygens (including phenoxy) is 1. The van der Waals surface area contributed by atoms with Crippen molar-refractivity contribution in [1.29, 1.82) is 0 Å². The number of benzene rings is 1. The van der Waals surface area contributed by atoms with E-state index in [4.69, 9.17) is 4.74 Å². The highest BCUT2D eigenvalue weighted by Crippen LogP contribution is 2.14. The molecule has 1 heterocycles. The molecular formula is C22H38IN5O2. The Labute approximate surface area is 198 Å². The first-order chi connectivity index (χ1) is 13.8. The van der Waals surface area contributed by atoms with Crippen LogP contribution in [0.2, 0.25) is 0 Å². The van der Waals surface area contributed by atoms with Gasteiger partial charge in [-0.15, -0.1) is 24.0 Å². The lowest BCUT2D eigenvalue weighted by molar-refractivity contribution is 0.0302. The Balaban J connectivity index is 0.00000450. The molecule has 170 valence electrons. The van der Waals surface area contributed by atoms with Crippen LogP contribution in [0.5, 0.6) is 0 Å². The number of nitrogens with zero attached hydrogens (tertiary/aromatic N) is 3. The summed E-state index contributed by atoms with van der Waals surface area (Å²) in [6.07, 6.45) is 1.87. The molecule has 1 aliphatic rings. The molecule has 0 aliphatic carbocycles. The van der Waals surface area contributed by atoms with Gasteiger partial charge in [0.2, 0.25) is 0 Å². The average molecular weight is 531 g/mol. The summed E-state index contributed by atoms with van der Waals surface area (Å²) in [6.45, 7) is 9.93. The summed E-state index contributed by atoms with van der Waals surface area (Å²) in [7, 11) is 3.52. The van der Waals surface area contributed by atoms with Gasteiger partial charge in [-0.1, -0.05) is 30.3 Å². The van der Waals surface area contributed by atoms with Crippen molar-refractivity contribution in [2.24, 2.45) is 4.99 Å². The summed E-state index contributed by atoms with van der Waals surface area (Å²) in [5, 5.41) is 6.80. The number of hydrogen-bond donors (Lipinski definition) is 2. The first-order valence-corrected chi connectivity index (χ1v) is 10.4. The van der Waals surface area contributed by atoms with Gasteiger partial charge >= 0.3 is 6.09 Å². The largest absolute Gasteiger partial charge is 0.444 e. The number of likely N-dealkylation sites (tertiary alicyclic amines) is 1. The Bertz CT molecular complexity index is 655. The molecule has 1 aromatic rings. The molecule has 1 amide bonds. The molecule has 0 saturated carbocycles. The van der Waals surface area contributed by atoms with Crippen molar-refractivity contribution in [3.8, 4) is 0 Å². The van der Waals surface area contributed by atoms with Crippen LogP contribution in [0.3, 0.4) is 0 Å². The van der Waals surface area contributed by atoms with Crippen molar-refractivity contribution in [1.82, 2.24) is 20.4 Å². The number of amides is 1. The molecule has 1 aromatic carbocycles. The van der Waals surface area contributed by atoms with Crippen molar-refractivity contribution in [2.45, 2.75) is 51.8 Å². The second-order valence-electron chi connectivity index (χ2n) is 8.58. The molecule has 8 heteroatoms. The van der Waals surface area contributed by atoms with Gasteiger partial charge in [0.1, 0.15) is 5.60 Å². The van der Waals surface area contributed by atoms with Crippen LogP contribution in [0, 0.1) is 0 Å². The van der Waals surface area contributed by atoms with Gasteiger partial charge < -0.3 is 20.3 Å². The first-order valence-electron chi connectivity index (χ1n) is 10.4. The number of guanidine groups is 1. The topological polar surface area (TPSA) is 69.2 Å². The monoisotopic (exact) mass is 531 g/mol. The van der Waals surface area contributed by atoms with Gasteiger partial charge in [-0.3, -0.25) is 9.89 Å². The van der Waals surface area contributed by atoms with Crippen LogP contribution in [-0.4, -0.2) is 73.8 Å². The molecule has 30 heavy (non-hydrogen) atoms. The highest BCUT2D eigenvalue weighted by atomic mass is 127. The molecular weight excluding hydrogens is 493 g/mol. The van der Waals surface area contributed by atoms with E-state index in [1.54, 1.807) is 19.0 Å². The number of halogens is 1. The molecule has 1 fully saturated rings. The predicted octanol–water partition coefficient (Wildman–Crippen LogP) is 3.30. The van der Waals surface area contributed by atoms with E-state index < -0.39 is 5.60 Å². The Morgan fingerprint density at radius 1 is 1.23 bits per heavy atom. The quantitative estimate of drug-likeness (QED) is 0.335. The summed E-state index contributed by atoms with van der Waals surface area (Å²) in [5.41, 5.74) is 0.886. The normalized spacial score (nSPS) is 15.8. The Morgan fingerprint density at radius 2 is 1.87 bits per heavy atom. The van der Waals surface area contributed by atoms with E-state index >= 15 is 0 Å². The van der Waals surface area contributed by atoms with Crippen molar-refractivity contribution in [3.05, 3.63) is 35.9 Å². The van der Waals surface area contributed by atoms with Gasteiger partial charge in [0, 0.05) is 52.9 Å². The maximum atomic E-state index is 12.0. The number of carbonyl (C=O) groups excluding carboxylic acids is 1. The smallest absolute Gasteiger partial charge is 0.410 e. The molecule has 0 spiro atoms. The van der Waals surface area contributed by atoms with E-state index in [0.29, 0.717) is 19.1 Å². The second-order valence-corrected chi connectivity index (χ2v) is 8.58. The van der Waals surface area contributed by atoms with Crippen LogP contribution in [0.15, 0.2) is 35.3 Å². The number of aliphatic imine (C=N–C) groups is 1. The molecule has 2 rings (SSSR count). The van der Waals surface area contributed by atoms with E-state index in [9.17, 15) is 4.79 Å². The van der Waals surface area contributed by atoms with Crippen LogP contribution in [0.25, 0.3) is 0 Å². The molecule has 7 nitrogen and oxygen atoms in total. The number of rotatable bonds is 6. The second kappa shape index (κ2) is 13.0. The van der Waals surface area contributed by atoms with Crippen LogP contribution in [0.1, 0.15) is 39.2 Å². The van der Waals surface area contributed by atoms with Gasteiger partial charge in [-0.05, 0) is 39.2 Å². The minimum Gasteiger partial charge on any atom is -0.444 e. The molecule has 0 aromatic heterocycles. The van der Waals surface area contributed by atoms with Crippen LogP contribution in [0.4, 0.5) is 4.79 Å². The average Bonchev–Trinajstić information content (AvgIpc) is 2.68. The third-order valence-corrected chi connectivity index (χ3v) is 4.85. The highest BCUT2D eigenvalue weighted by Gasteiger charge is 2.21. The zero-order chi connectivity index (χ0) is 21.3. The molecule has 0 unspecified atom stereocenters. The third-order valence-electron chi connectivity index (χ3n) is 4.85.